The highest BCUT2D eigenvalue weighted by Crippen LogP contribution is 2.42. The molecule has 0 aromatic rings. The van der Waals surface area contributed by atoms with Crippen molar-refractivity contribution in [1.29, 1.82) is 0 Å². The third-order valence-electron chi connectivity index (χ3n) is 5.83. The molecule has 0 saturated carbocycles. The number of hydrogen-bond donors (Lipinski definition) is 1. The lowest BCUT2D eigenvalue weighted by Crippen LogP contribution is -2.47. The molecule has 26 heavy (non-hydrogen) atoms. The van der Waals surface area contributed by atoms with E-state index in [0.29, 0.717) is 25.6 Å². The van der Waals surface area contributed by atoms with Gasteiger partial charge in [0.15, 0.2) is 0 Å². The highest BCUT2D eigenvalue weighted by atomic mass is 16.5. The Balaban J connectivity index is 1.52. The number of nitrogens with zero attached hydrogens (tertiary/aromatic N) is 1. The summed E-state index contributed by atoms with van der Waals surface area (Å²) in [6.07, 6.45) is 10.2. The molecule has 0 aromatic carbocycles. The summed E-state index contributed by atoms with van der Waals surface area (Å²) in [5, 5.41) is 2.85. The average molecular weight is 369 g/mol. The predicted octanol–water partition coefficient (Wildman–Crippen LogP) is 3.29. The van der Waals surface area contributed by atoms with Crippen molar-refractivity contribution in [2.45, 2.75) is 82.7 Å². The molecule has 1 N–H and O–H groups in total. The number of methoxy groups -OCH3 is 1. The van der Waals surface area contributed by atoms with Gasteiger partial charge in [0.25, 0.3) is 0 Å². The molecular weight excluding hydrogens is 332 g/mol. The molecule has 2 saturated heterocycles. The van der Waals surface area contributed by atoms with E-state index in [-0.39, 0.29) is 17.4 Å². The number of ketones is 1. The van der Waals surface area contributed by atoms with Crippen LogP contribution in [0, 0.1) is 0 Å². The van der Waals surface area contributed by atoms with Crippen LogP contribution in [-0.2, 0) is 14.3 Å². The molecule has 0 radical (unpaired) electrons. The summed E-state index contributed by atoms with van der Waals surface area (Å²) in [6.45, 7) is 4.64. The predicted molar refractivity (Wildman–Crippen MR) is 101 cm³/mol. The minimum atomic E-state index is -0.301. The first kappa shape index (κ1) is 21.2. The average Bonchev–Trinajstić information content (AvgIpc) is 3.14. The Morgan fingerprint density at radius 3 is 2.69 bits per heavy atom. The molecule has 6 nitrogen and oxygen atoms in total. The van der Waals surface area contributed by atoms with Crippen LogP contribution in [0.1, 0.15) is 71.1 Å². The van der Waals surface area contributed by atoms with E-state index in [1.165, 1.54) is 12.8 Å². The number of amides is 1. The summed E-state index contributed by atoms with van der Waals surface area (Å²) in [7, 11) is 1.77. The van der Waals surface area contributed by atoms with Crippen molar-refractivity contribution >= 4 is 11.9 Å². The topological polar surface area (TPSA) is 67.9 Å². The van der Waals surface area contributed by atoms with Crippen LogP contribution < -0.4 is 5.32 Å². The summed E-state index contributed by atoms with van der Waals surface area (Å²) in [4.78, 5) is 25.2. The van der Waals surface area contributed by atoms with E-state index in [2.05, 4.69) is 10.2 Å². The zero-order valence-corrected chi connectivity index (χ0v) is 16.6. The molecule has 2 unspecified atom stereocenters. The zero-order chi connectivity index (χ0) is 18.8. The highest BCUT2D eigenvalue weighted by molar-refractivity contribution is 5.75. The number of nitrogens with one attached hydrogen (secondary N) is 1. The van der Waals surface area contributed by atoms with E-state index in [0.717, 1.165) is 58.1 Å². The Labute approximate surface area is 158 Å². The molecule has 2 fully saturated rings. The van der Waals surface area contributed by atoms with Crippen LogP contribution in [0.2, 0.25) is 0 Å². The van der Waals surface area contributed by atoms with Crippen molar-refractivity contribution in [3.8, 4) is 0 Å². The van der Waals surface area contributed by atoms with Crippen LogP contribution in [0.15, 0.2) is 0 Å². The van der Waals surface area contributed by atoms with Gasteiger partial charge in [0, 0.05) is 31.7 Å². The van der Waals surface area contributed by atoms with Crippen molar-refractivity contribution in [3.63, 3.8) is 0 Å². The smallest absolute Gasteiger partial charge is 0.407 e. The van der Waals surface area contributed by atoms with Gasteiger partial charge in [-0.25, -0.2) is 4.79 Å². The maximum atomic E-state index is 11.9. The molecule has 2 aliphatic rings. The SMILES string of the molecule is COCC12CCCN1C(COC(=O)NCCCCCCCC(C)=O)CC2. The quantitative estimate of drug-likeness (QED) is 0.536. The largest absolute Gasteiger partial charge is 0.448 e. The fourth-order valence-corrected chi connectivity index (χ4v) is 4.50. The minimum Gasteiger partial charge on any atom is -0.448 e. The van der Waals surface area contributed by atoms with E-state index >= 15 is 0 Å². The lowest BCUT2D eigenvalue weighted by Gasteiger charge is -2.34. The third kappa shape index (κ3) is 6.23. The Kier molecular flexibility index (Phi) is 8.85. The number of unbranched alkanes of at least 4 members (excludes halogenated alkanes) is 4. The standard InChI is InChI=1S/C20H36N2O4/c1-17(23)9-6-4-3-5-7-13-21-19(24)26-15-18-10-12-20(16-25-2)11-8-14-22(18)20/h18H,3-16H2,1-2H3,(H,21,24). The van der Waals surface area contributed by atoms with Crippen LogP contribution in [0.3, 0.4) is 0 Å². The lowest BCUT2D eigenvalue weighted by atomic mass is 9.95. The first-order chi connectivity index (χ1) is 12.6. The van der Waals surface area contributed by atoms with Gasteiger partial charge in [-0.3, -0.25) is 4.90 Å². The van der Waals surface area contributed by atoms with Crippen LogP contribution >= 0.6 is 0 Å². The fourth-order valence-electron chi connectivity index (χ4n) is 4.50. The molecule has 6 heteroatoms. The number of hydrogen-bond acceptors (Lipinski definition) is 5. The molecule has 2 aliphatic heterocycles. The monoisotopic (exact) mass is 368 g/mol. The van der Waals surface area contributed by atoms with E-state index in [9.17, 15) is 9.59 Å². The van der Waals surface area contributed by atoms with Gasteiger partial charge in [-0.1, -0.05) is 19.3 Å². The molecule has 1 amide bonds. The molecule has 0 spiro atoms. The maximum absolute atomic E-state index is 11.9. The third-order valence-corrected chi connectivity index (χ3v) is 5.83. The van der Waals surface area contributed by atoms with Crippen molar-refractivity contribution in [2.75, 3.05) is 33.4 Å². The Morgan fingerprint density at radius 1 is 1.15 bits per heavy atom. The van der Waals surface area contributed by atoms with Gasteiger partial charge in [0.1, 0.15) is 12.4 Å². The number of carbonyl (C=O) groups is 2. The highest BCUT2D eigenvalue weighted by Gasteiger charge is 2.49. The number of fused-ring (bicyclic) bond motifs is 1. The minimum absolute atomic E-state index is 0.182. The van der Waals surface area contributed by atoms with Crippen LogP contribution in [0.4, 0.5) is 4.79 Å². The van der Waals surface area contributed by atoms with Crippen LogP contribution in [-0.4, -0.2) is 61.8 Å². The first-order valence-corrected chi connectivity index (χ1v) is 10.2. The van der Waals surface area contributed by atoms with E-state index < -0.39 is 0 Å². The van der Waals surface area contributed by atoms with Gasteiger partial charge in [-0.15, -0.1) is 0 Å². The second-order valence-electron chi connectivity index (χ2n) is 7.89. The summed E-state index contributed by atoms with van der Waals surface area (Å²) < 4.78 is 10.9. The number of rotatable bonds is 12. The maximum Gasteiger partial charge on any atom is 0.407 e. The number of carbonyl (C=O) groups excluding carboxylic acids is 2. The van der Waals surface area contributed by atoms with E-state index in [4.69, 9.17) is 9.47 Å². The Morgan fingerprint density at radius 2 is 1.92 bits per heavy atom. The molecular formula is C20H36N2O4. The van der Waals surface area contributed by atoms with E-state index in [1.807, 2.05) is 0 Å². The van der Waals surface area contributed by atoms with Crippen molar-refractivity contribution in [3.05, 3.63) is 0 Å². The van der Waals surface area contributed by atoms with Gasteiger partial charge in [-0.05, 0) is 52.0 Å². The van der Waals surface area contributed by atoms with Crippen LogP contribution in [0.25, 0.3) is 0 Å². The Bertz CT molecular complexity index is 457. The van der Waals surface area contributed by atoms with Gasteiger partial charge in [0.2, 0.25) is 0 Å². The second kappa shape index (κ2) is 10.9. The summed E-state index contributed by atoms with van der Waals surface area (Å²) in [5.74, 6) is 0.269. The zero-order valence-electron chi connectivity index (χ0n) is 16.6. The van der Waals surface area contributed by atoms with Crippen molar-refractivity contribution in [1.82, 2.24) is 10.2 Å². The molecule has 0 aliphatic carbocycles. The number of Topliss-reactive ketones (excluding diaryl/α,β-unsaturated/α-hetero) is 1. The van der Waals surface area contributed by atoms with E-state index in [1.54, 1.807) is 14.0 Å². The van der Waals surface area contributed by atoms with Gasteiger partial charge < -0.3 is 19.6 Å². The molecule has 2 heterocycles. The van der Waals surface area contributed by atoms with Gasteiger partial charge >= 0.3 is 6.09 Å². The van der Waals surface area contributed by atoms with Crippen LogP contribution in [0.5, 0.6) is 0 Å². The normalized spacial score (nSPS) is 25.2. The molecule has 150 valence electrons. The van der Waals surface area contributed by atoms with Gasteiger partial charge in [-0.2, -0.15) is 0 Å². The molecule has 0 bridgehead atoms. The van der Waals surface area contributed by atoms with Gasteiger partial charge in [0.05, 0.1) is 6.61 Å². The summed E-state index contributed by atoms with van der Waals surface area (Å²) >= 11 is 0. The lowest BCUT2D eigenvalue weighted by molar-refractivity contribution is -0.117. The van der Waals surface area contributed by atoms with Crippen molar-refractivity contribution < 1.29 is 19.1 Å². The van der Waals surface area contributed by atoms with Crippen molar-refractivity contribution in [2.24, 2.45) is 0 Å². The summed E-state index contributed by atoms with van der Waals surface area (Å²) in [6, 6.07) is 0.333. The second-order valence-corrected chi connectivity index (χ2v) is 7.89. The molecule has 2 rings (SSSR count). The number of ether oxygens (including phenoxy) is 2. The first-order valence-electron chi connectivity index (χ1n) is 10.2. The fraction of sp³-hybridized carbons (Fsp3) is 0.900. The molecule has 2 atom stereocenters. The molecule has 0 aromatic heterocycles. The summed E-state index contributed by atoms with van der Waals surface area (Å²) in [5.41, 5.74) is 0.182. The number of alkyl carbamates (subject to hydrolysis) is 1. The Hall–Kier alpha value is -1.14.